The molecule has 0 aliphatic carbocycles. The van der Waals surface area contributed by atoms with Crippen molar-refractivity contribution in [2.24, 2.45) is 5.92 Å². The third-order valence-electron chi connectivity index (χ3n) is 3.19. The van der Waals surface area contributed by atoms with Crippen molar-refractivity contribution in [2.45, 2.75) is 19.3 Å². The summed E-state index contributed by atoms with van der Waals surface area (Å²) in [7, 11) is 1.27. The van der Waals surface area contributed by atoms with Crippen LogP contribution in [-0.2, 0) is 6.42 Å². The highest BCUT2D eigenvalue weighted by Gasteiger charge is 2.16. The Hall–Kier alpha value is -1.16. The van der Waals surface area contributed by atoms with E-state index in [2.05, 4.69) is 10.1 Å². The van der Waals surface area contributed by atoms with Crippen LogP contribution >= 0.6 is 0 Å². The average Bonchev–Trinajstić information content (AvgIpc) is 2.30. The van der Waals surface area contributed by atoms with Crippen LogP contribution < -0.4 is 10.1 Å². The van der Waals surface area contributed by atoms with Gasteiger partial charge in [-0.05, 0) is 56.0 Å². The van der Waals surface area contributed by atoms with E-state index in [-0.39, 0.29) is 5.75 Å². The van der Waals surface area contributed by atoms with Crippen molar-refractivity contribution < 1.29 is 13.5 Å². The Labute approximate surface area is 100.0 Å². The van der Waals surface area contributed by atoms with Crippen molar-refractivity contribution in [1.82, 2.24) is 5.32 Å². The molecule has 0 saturated carbocycles. The van der Waals surface area contributed by atoms with Gasteiger partial charge in [-0.25, -0.2) is 8.78 Å². The minimum Gasteiger partial charge on any atom is -0.491 e. The predicted octanol–water partition coefficient (Wildman–Crippen LogP) is 2.52. The van der Waals surface area contributed by atoms with E-state index in [1.807, 2.05) is 0 Å². The minimum atomic E-state index is -0.619. The number of halogens is 2. The van der Waals surface area contributed by atoms with Gasteiger partial charge in [0, 0.05) is 0 Å². The van der Waals surface area contributed by atoms with Crippen LogP contribution in [0.15, 0.2) is 12.1 Å². The summed E-state index contributed by atoms with van der Waals surface area (Å²) in [6.45, 7) is 1.97. The van der Waals surface area contributed by atoms with E-state index in [0.29, 0.717) is 17.9 Å². The van der Waals surface area contributed by atoms with Gasteiger partial charge < -0.3 is 10.1 Å². The van der Waals surface area contributed by atoms with Crippen LogP contribution in [0.1, 0.15) is 18.4 Å². The Bertz CT molecular complexity index is 366. The number of hydrogen-bond donors (Lipinski definition) is 1. The Balaban J connectivity index is 2.10. The number of rotatable bonds is 3. The molecule has 1 aliphatic heterocycles. The first-order valence-corrected chi connectivity index (χ1v) is 5.93. The van der Waals surface area contributed by atoms with Gasteiger partial charge in [-0.15, -0.1) is 0 Å². The molecule has 0 aromatic heterocycles. The van der Waals surface area contributed by atoms with Crippen LogP contribution in [0.25, 0.3) is 0 Å². The second-order valence-electron chi connectivity index (χ2n) is 4.51. The zero-order valence-electron chi connectivity index (χ0n) is 9.93. The summed E-state index contributed by atoms with van der Waals surface area (Å²) in [5.74, 6) is -1.07. The van der Waals surface area contributed by atoms with Crippen LogP contribution in [0.2, 0.25) is 0 Å². The average molecular weight is 241 g/mol. The van der Waals surface area contributed by atoms with E-state index in [1.54, 1.807) is 0 Å². The van der Waals surface area contributed by atoms with Gasteiger partial charge in [-0.1, -0.05) is 0 Å². The van der Waals surface area contributed by atoms with E-state index in [9.17, 15) is 8.78 Å². The Morgan fingerprint density at radius 1 is 1.35 bits per heavy atom. The highest BCUT2D eigenvalue weighted by Crippen LogP contribution is 2.25. The zero-order valence-corrected chi connectivity index (χ0v) is 9.93. The molecule has 2 rings (SSSR count). The molecule has 1 fully saturated rings. The Morgan fingerprint density at radius 2 is 2.06 bits per heavy atom. The number of ether oxygens (including phenoxy) is 1. The predicted molar refractivity (Wildman–Crippen MR) is 62.2 cm³/mol. The van der Waals surface area contributed by atoms with Crippen LogP contribution in [0.4, 0.5) is 8.78 Å². The van der Waals surface area contributed by atoms with E-state index in [4.69, 9.17) is 0 Å². The monoisotopic (exact) mass is 241 g/mol. The highest BCUT2D eigenvalue weighted by atomic mass is 19.1. The smallest absolute Gasteiger partial charge is 0.190 e. The quantitative estimate of drug-likeness (QED) is 0.878. The molecule has 1 aromatic carbocycles. The fraction of sp³-hybridized carbons (Fsp3) is 0.538. The maximum absolute atomic E-state index is 13.5. The molecule has 0 bridgehead atoms. The number of hydrogen-bond acceptors (Lipinski definition) is 2. The molecule has 1 atom stereocenters. The van der Waals surface area contributed by atoms with Gasteiger partial charge in [0.15, 0.2) is 17.4 Å². The molecular formula is C13H17F2NO. The molecule has 1 N–H and O–H groups in total. The molecular weight excluding hydrogens is 224 g/mol. The van der Waals surface area contributed by atoms with Crippen molar-refractivity contribution in [3.05, 3.63) is 29.3 Å². The number of nitrogens with one attached hydrogen (secondary N) is 1. The molecule has 0 amide bonds. The van der Waals surface area contributed by atoms with Crippen LogP contribution in [0, 0.1) is 17.6 Å². The van der Waals surface area contributed by atoms with E-state index >= 15 is 0 Å². The fourth-order valence-corrected chi connectivity index (χ4v) is 2.36. The van der Waals surface area contributed by atoms with Crippen LogP contribution in [-0.4, -0.2) is 20.2 Å². The van der Waals surface area contributed by atoms with Crippen molar-refractivity contribution >= 4 is 0 Å². The molecule has 1 aliphatic rings. The maximum Gasteiger partial charge on any atom is 0.190 e. The number of benzene rings is 1. The molecule has 2 nitrogen and oxygen atoms in total. The normalized spacial score (nSPS) is 20.3. The second kappa shape index (κ2) is 5.45. The van der Waals surface area contributed by atoms with Crippen LogP contribution in [0.5, 0.6) is 5.75 Å². The molecule has 1 saturated heterocycles. The molecule has 94 valence electrons. The Kier molecular flexibility index (Phi) is 3.94. The van der Waals surface area contributed by atoms with Gasteiger partial charge in [-0.2, -0.15) is 0 Å². The first-order valence-electron chi connectivity index (χ1n) is 5.93. The van der Waals surface area contributed by atoms with E-state index in [0.717, 1.165) is 25.9 Å². The maximum atomic E-state index is 13.5. The fourth-order valence-electron chi connectivity index (χ4n) is 2.36. The van der Waals surface area contributed by atoms with Crippen molar-refractivity contribution in [3.63, 3.8) is 0 Å². The molecule has 0 spiro atoms. The first kappa shape index (κ1) is 12.3. The van der Waals surface area contributed by atoms with Gasteiger partial charge >= 0.3 is 0 Å². The van der Waals surface area contributed by atoms with Gasteiger partial charge in [-0.3, -0.25) is 0 Å². The summed E-state index contributed by atoms with van der Waals surface area (Å²) < 4.78 is 31.6. The van der Waals surface area contributed by atoms with Gasteiger partial charge in [0.05, 0.1) is 7.11 Å². The van der Waals surface area contributed by atoms with Crippen molar-refractivity contribution in [3.8, 4) is 5.75 Å². The van der Waals surface area contributed by atoms with E-state index in [1.165, 1.54) is 19.2 Å². The summed E-state index contributed by atoms with van der Waals surface area (Å²) in [5, 5.41) is 3.29. The molecule has 4 heteroatoms. The highest BCUT2D eigenvalue weighted by molar-refractivity contribution is 5.31. The van der Waals surface area contributed by atoms with Gasteiger partial charge in [0.2, 0.25) is 0 Å². The summed E-state index contributed by atoms with van der Waals surface area (Å²) in [6, 6.07) is 2.74. The third-order valence-corrected chi connectivity index (χ3v) is 3.19. The molecule has 0 radical (unpaired) electrons. The second-order valence-corrected chi connectivity index (χ2v) is 4.51. The summed E-state index contributed by atoms with van der Waals surface area (Å²) in [6.07, 6.45) is 2.96. The summed E-state index contributed by atoms with van der Waals surface area (Å²) >= 11 is 0. The largest absolute Gasteiger partial charge is 0.491 e. The van der Waals surface area contributed by atoms with Gasteiger partial charge in [0.1, 0.15) is 0 Å². The molecule has 17 heavy (non-hydrogen) atoms. The first-order chi connectivity index (χ1) is 8.20. The third kappa shape index (κ3) is 2.94. The van der Waals surface area contributed by atoms with Crippen molar-refractivity contribution in [1.29, 1.82) is 0 Å². The lowest BCUT2D eigenvalue weighted by Gasteiger charge is -2.22. The molecule has 1 aromatic rings. The standard InChI is InChI=1S/C13H17F2NO/c1-17-13-11(14)6-10(7-12(13)15)5-9-3-2-4-16-8-9/h6-7,9,16H,2-5,8H2,1H3. The Morgan fingerprint density at radius 3 is 2.59 bits per heavy atom. The van der Waals surface area contributed by atoms with Gasteiger partial charge in [0.25, 0.3) is 0 Å². The summed E-state index contributed by atoms with van der Waals surface area (Å²) in [5.41, 5.74) is 0.703. The van der Waals surface area contributed by atoms with Crippen molar-refractivity contribution in [2.75, 3.05) is 20.2 Å². The minimum absolute atomic E-state index is 0.296. The van der Waals surface area contributed by atoms with E-state index < -0.39 is 11.6 Å². The summed E-state index contributed by atoms with van der Waals surface area (Å²) in [4.78, 5) is 0. The lowest BCUT2D eigenvalue weighted by Crippen LogP contribution is -2.30. The lowest BCUT2D eigenvalue weighted by molar-refractivity contribution is 0.355. The lowest BCUT2D eigenvalue weighted by atomic mass is 9.92. The molecule has 1 heterocycles. The number of methoxy groups -OCH3 is 1. The zero-order chi connectivity index (χ0) is 12.3. The molecule has 1 unspecified atom stereocenters. The topological polar surface area (TPSA) is 21.3 Å². The SMILES string of the molecule is COc1c(F)cc(CC2CCCNC2)cc1F. The number of piperidine rings is 1. The van der Waals surface area contributed by atoms with Crippen LogP contribution in [0.3, 0.4) is 0 Å².